The van der Waals surface area contributed by atoms with Crippen molar-refractivity contribution in [3.63, 3.8) is 0 Å². The van der Waals surface area contributed by atoms with Gasteiger partial charge in [-0.2, -0.15) is 18.3 Å². The summed E-state index contributed by atoms with van der Waals surface area (Å²) >= 11 is -2.53. The number of rotatable bonds is 15. The van der Waals surface area contributed by atoms with Crippen molar-refractivity contribution in [3.8, 4) is 28.3 Å². The van der Waals surface area contributed by atoms with Gasteiger partial charge in [0.15, 0.2) is 0 Å². The van der Waals surface area contributed by atoms with Crippen LogP contribution in [0.1, 0.15) is 80.9 Å². The van der Waals surface area contributed by atoms with Crippen molar-refractivity contribution in [2.45, 2.75) is 85.7 Å². The van der Waals surface area contributed by atoms with E-state index in [2.05, 4.69) is 47.0 Å². The first-order valence-corrected chi connectivity index (χ1v) is 27.5. The smallest absolute Gasteiger partial charge is 0.355 e. The second-order valence-corrected chi connectivity index (χ2v) is 27.7. The van der Waals surface area contributed by atoms with Gasteiger partial charge in [-0.1, -0.05) is 6.07 Å². The van der Waals surface area contributed by atoms with E-state index in [1.165, 1.54) is 116 Å². The Hall–Kier alpha value is -5.05. The second-order valence-electron chi connectivity index (χ2n) is 14.6. The van der Waals surface area contributed by atoms with Crippen LogP contribution in [0.2, 0.25) is 13.3 Å². The molecule has 0 saturated heterocycles. The molecule has 6 aromatic rings. The molecule has 0 bridgehead atoms. The third-order valence-corrected chi connectivity index (χ3v) is 26.0. The standard InChI is InChI=1S/C24H18F4N4O2.C9H6FN2.3C4H9.Sn/c1-14-19(21-10-11-30-32(21)17-8-6-16(25)7-9-17)13-20(22(33)29-2)23(34)31(14)18-5-3-4-15(12-18)24(26,27)28;10-8-2-4-9(5-3-8)12-7-1-6-11-12;3*1-3-4-2;/h3-13H,1-2H3,(H,29,33);1-6H;3*1,3-4H2,2H3;. The van der Waals surface area contributed by atoms with E-state index < -0.39 is 47.4 Å². The number of halogens is 5. The van der Waals surface area contributed by atoms with Gasteiger partial charge in [0, 0.05) is 24.0 Å². The number of hydrogen-bond donors (Lipinski definition) is 1. The maximum absolute atomic E-state index is 13.4. The van der Waals surface area contributed by atoms with Crippen LogP contribution in [0.25, 0.3) is 28.3 Å². The van der Waals surface area contributed by atoms with Gasteiger partial charge in [-0.3, -0.25) is 14.2 Å². The van der Waals surface area contributed by atoms with E-state index in [9.17, 15) is 31.5 Å². The number of benzene rings is 3. The third-order valence-electron chi connectivity index (χ3n) is 10.6. The fourth-order valence-electron chi connectivity index (χ4n) is 7.49. The molecule has 1 N–H and O–H groups in total. The summed E-state index contributed by atoms with van der Waals surface area (Å²) in [5, 5.41) is 11.3. The van der Waals surface area contributed by atoms with Crippen LogP contribution in [-0.4, -0.2) is 55.5 Å². The van der Waals surface area contributed by atoms with Gasteiger partial charge in [0.05, 0.1) is 23.1 Å². The van der Waals surface area contributed by atoms with E-state index >= 15 is 0 Å². The van der Waals surface area contributed by atoms with Gasteiger partial charge in [0.1, 0.15) is 11.4 Å². The molecule has 312 valence electrons. The van der Waals surface area contributed by atoms with Crippen LogP contribution in [0.5, 0.6) is 0 Å². The van der Waals surface area contributed by atoms with Crippen LogP contribution in [-0.2, 0) is 6.18 Å². The molecule has 6 rings (SSSR count). The molecular weight excluding hydrogens is 870 g/mol. The first-order chi connectivity index (χ1) is 28.3. The van der Waals surface area contributed by atoms with Gasteiger partial charge in [0.2, 0.25) is 0 Å². The minimum Gasteiger partial charge on any atom is -0.355 e. The molecule has 3 aromatic heterocycles. The van der Waals surface area contributed by atoms with Crippen molar-refractivity contribution in [3.05, 3.63) is 142 Å². The maximum atomic E-state index is 13.4. The summed E-state index contributed by atoms with van der Waals surface area (Å²) < 4.78 is 77.2. The number of nitrogens with zero attached hydrogens (tertiary/aromatic N) is 5. The molecule has 8 nitrogen and oxygen atoms in total. The van der Waals surface area contributed by atoms with Crippen molar-refractivity contribution >= 4 is 28.0 Å². The van der Waals surface area contributed by atoms with E-state index in [4.69, 9.17) is 0 Å². The second kappa shape index (κ2) is 20.3. The van der Waals surface area contributed by atoms with E-state index in [0.29, 0.717) is 22.6 Å². The number of alkyl halides is 3. The maximum Gasteiger partial charge on any atom is 0.416 e. The number of hydrogen-bond acceptors (Lipinski definition) is 4. The molecule has 0 spiro atoms. The van der Waals surface area contributed by atoms with Crippen molar-refractivity contribution in [1.82, 2.24) is 29.4 Å². The van der Waals surface area contributed by atoms with Crippen LogP contribution in [0.15, 0.2) is 108 Å². The number of pyridine rings is 1. The zero-order chi connectivity index (χ0) is 42.7. The molecule has 0 unspecified atom stereocenters. The van der Waals surface area contributed by atoms with Gasteiger partial charge >= 0.3 is 163 Å². The van der Waals surface area contributed by atoms with Crippen LogP contribution in [0.3, 0.4) is 0 Å². The molecule has 0 fully saturated rings. The van der Waals surface area contributed by atoms with Gasteiger partial charge in [0.25, 0.3) is 11.5 Å². The topological polar surface area (TPSA) is 86.7 Å². The summed E-state index contributed by atoms with van der Waals surface area (Å²) in [6.45, 7) is 8.46. The van der Waals surface area contributed by atoms with Crippen molar-refractivity contribution in [1.29, 1.82) is 0 Å². The summed E-state index contributed by atoms with van der Waals surface area (Å²) in [6, 6.07) is 21.9. The Morgan fingerprint density at radius 1 is 0.712 bits per heavy atom. The molecule has 0 atom stereocenters. The minimum atomic E-state index is -4.62. The van der Waals surface area contributed by atoms with Crippen LogP contribution in [0.4, 0.5) is 22.0 Å². The molecule has 3 aromatic carbocycles. The average molecular weight is 922 g/mol. The van der Waals surface area contributed by atoms with Crippen LogP contribution in [0, 0.1) is 18.6 Å². The van der Waals surface area contributed by atoms with Crippen molar-refractivity contribution in [2.24, 2.45) is 0 Å². The first-order valence-electron chi connectivity index (χ1n) is 20.1. The molecule has 0 aliphatic heterocycles. The number of nitrogens with one attached hydrogen (secondary N) is 1. The number of aromatic nitrogens is 5. The Bertz CT molecular complexity index is 2350. The Morgan fingerprint density at radius 2 is 1.24 bits per heavy atom. The normalized spacial score (nSPS) is 11.6. The van der Waals surface area contributed by atoms with Gasteiger partial charge in [-0.25, -0.2) is 9.07 Å². The summed E-state index contributed by atoms with van der Waals surface area (Å²) in [5.41, 5.74) is 0.649. The number of amides is 1. The molecule has 0 aliphatic carbocycles. The Kier molecular flexibility index (Phi) is 15.5. The fourth-order valence-corrected chi connectivity index (χ4v) is 23.7. The molecule has 1 amide bonds. The predicted molar refractivity (Wildman–Crippen MR) is 226 cm³/mol. The number of carbonyl (C=O) groups excluding carboxylic acids is 1. The monoisotopic (exact) mass is 922 g/mol. The molecule has 0 radical (unpaired) electrons. The number of unbranched alkanes of at least 4 members (excludes halogenated alkanes) is 3. The van der Waals surface area contributed by atoms with E-state index in [0.717, 1.165) is 22.4 Å². The van der Waals surface area contributed by atoms with E-state index in [1.807, 2.05) is 18.3 Å². The molecule has 0 aliphatic rings. The summed E-state index contributed by atoms with van der Waals surface area (Å²) in [5.74, 6) is -1.32. The van der Waals surface area contributed by atoms with E-state index in [-0.39, 0.29) is 17.1 Å². The van der Waals surface area contributed by atoms with Gasteiger partial charge < -0.3 is 5.32 Å². The van der Waals surface area contributed by atoms with Gasteiger partial charge in [-0.05, 0) is 61.5 Å². The minimum absolute atomic E-state index is 0.0443. The fraction of sp³-hybridized carbons (Fsp3) is 0.333. The van der Waals surface area contributed by atoms with Crippen LogP contribution >= 0.6 is 0 Å². The molecule has 59 heavy (non-hydrogen) atoms. The predicted octanol–water partition coefficient (Wildman–Crippen LogP) is 10.6. The summed E-state index contributed by atoms with van der Waals surface area (Å²) in [4.78, 5) is 25.7. The zero-order valence-electron chi connectivity index (χ0n) is 34.1. The Balaban J connectivity index is 0.000000236. The van der Waals surface area contributed by atoms with E-state index in [1.54, 1.807) is 25.1 Å². The largest absolute Gasteiger partial charge is 0.416 e. The summed E-state index contributed by atoms with van der Waals surface area (Å²) in [6.07, 6.45) is 6.61. The molecule has 0 saturated carbocycles. The van der Waals surface area contributed by atoms with Crippen LogP contribution < -0.4 is 14.6 Å². The third kappa shape index (κ3) is 10.6. The Morgan fingerprint density at radius 3 is 1.76 bits per heavy atom. The van der Waals surface area contributed by atoms with Crippen molar-refractivity contribution < 1.29 is 26.7 Å². The average Bonchev–Trinajstić information content (AvgIpc) is 3.93. The molecule has 14 heteroatoms. The first kappa shape index (κ1) is 45.0. The molecular formula is C45H51F5N6O2Sn. The summed E-state index contributed by atoms with van der Waals surface area (Å²) in [7, 11) is 1.35. The quantitative estimate of drug-likeness (QED) is 0.0821. The Labute approximate surface area is 346 Å². The number of carbonyl (C=O) groups is 1. The SMILES string of the molecule is CCC[CH2][Sn]([CH2]CCC)([CH2]CCC)[c]1ccnn1-c1ccc(F)cc1.CNC(=O)c1cc(-c2ccnn2-c2ccc(F)cc2)c(C)n(-c2cccc(C(F)(F)F)c2)c1=O. The zero-order valence-corrected chi connectivity index (χ0v) is 37.0. The molecule has 3 heterocycles. The van der Waals surface area contributed by atoms with Gasteiger partial charge in [-0.15, -0.1) is 0 Å². The van der Waals surface area contributed by atoms with Crippen molar-refractivity contribution in [2.75, 3.05) is 7.05 Å².